The van der Waals surface area contributed by atoms with E-state index < -0.39 is 0 Å². The number of hydrogen-bond acceptors (Lipinski definition) is 6. The van der Waals surface area contributed by atoms with Crippen molar-refractivity contribution in [1.82, 2.24) is 40.1 Å². The Bertz CT molecular complexity index is 632. The Morgan fingerprint density at radius 2 is 1.67 bits per heavy atom. The summed E-state index contributed by atoms with van der Waals surface area (Å²) in [4.78, 5) is 22.2. The zero-order valence-electron chi connectivity index (χ0n) is 9.15. The second kappa shape index (κ2) is 4.53. The lowest BCUT2D eigenvalue weighted by Gasteiger charge is -1.80. The summed E-state index contributed by atoms with van der Waals surface area (Å²) < 4.78 is 0. The standard InChI is InChI=1S/2C5H4N4/c1-5-4(2-8-9-5)7-3-6-1;1-4-5(8-2-6-1)9-3-7-4/h1-3H,(H,8,9);1-3H,(H,6,7,8,9). The molecule has 0 saturated carbocycles. The normalized spacial score (nSPS) is 10.2. The zero-order valence-corrected chi connectivity index (χ0v) is 9.15. The molecule has 0 amide bonds. The molecular weight excluding hydrogens is 232 g/mol. The molecule has 4 heterocycles. The second-order valence-electron chi connectivity index (χ2n) is 3.35. The van der Waals surface area contributed by atoms with Gasteiger partial charge in [0.2, 0.25) is 0 Å². The Labute approximate surface area is 101 Å². The van der Waals surface area contributed by atoms with Crippen LogP contribution in [0.15, 0.2) is 37.6 Å². The molecule has 4 aromatic heterocycles. The molecule has 0 unspecified atom stereocenters. The van der Waals surface area contributed by atoms with Crippen LogP contribution in [-0.2, 0) is 0 Å². The maximum absolute atomic E-state index is 3.94. The lowest BCUT2D eigenvalue weighted by atomic mass is 10.5. The van der Waals surface area contributed by atoms with Gasteiger partial charge in [-0.3, -0.25) is 5.10 Å². The Kier molecular flexibility index (Phi) is 2.59. The molecule has 0 saturated heterocycles. The third kappa shape index (κ3) is 1.98. The fourth-order valence-corrected chi connectivity index (χ4v) is 1.38. The topological polar surface area (TPSA) is 109 Å². The van der Waals surface area contributed by atoms with Crippen molar-refractivity contribution in [3.05, 3.63) is 37.6 Å². The molecule has 0 radical (unpaired) electrons. The Morgan fingerprint density at radius 1 is 0.833 bits per heavy atom. The van der Waals surface area contributed by atoms with E-state index in [1.54, 1.807) is 24.9 Å². The van der Waals surface area contributed by atoms with Gasteiger partial charge in [-0.15, -0.1) is 0 Å². The largest absolute Gasteiger partial charge is 0.342 e. The number of nitrogens with one attached hydrogen (secondary N) is 2. The predicted octanol–water partition coefficient (Wildman–Crippen LogP) is 0.706. The molecule has 0 aliphatic rings. The van der Waals surface area contributed by atoms with Crippen molar-refractivity contribution >= 4 is 22.2 Å². The van der Waals surface area contributed by atoms with Crippen LogP contribution in [0.25, 0.3) is 22.2 Å². The van der Waals surface area contributed by atoms with Gasteiger partial charge in [-0.2, -0.15) is 5.10 Å². The van der Waals surface area contributed by atoms with Gasteiger partial charge in [-0.25, -0.2) is 24.9 Å². The first kappa shape index (κ1) is 10.3. The molecule has 0 aromatic carbocycles. The minimum absolute atomic E-state index is 0.713. The second-order valence-corrected chi connectivity index (χ2v) is 3.35. The minimum Gasteiger partial charge on any atom is -0.342 e. The van der Waals surface area contributed by atoms with E-state index in [9.17, 15) is 0 Å². The maximum atomic E-state index is 3.94. The van der Waals surface area contributed by atoms with Gasteiger partial charge in [0.25, 0.3) is 0 Å². The smallest absolute Gasteiger partial charge is 0.180 e. The van der Waals surface area contributed by atoms with Crippen LogP contribution in [0.5, 0.6) is 0 Å². The summed E-state index contributed by atoms with van der Waals surface area (Å²) in [6, 6.07) is 0. The quantitative estimate of drug-likeness (QED) is 0.468. The maximum Gasteiger partial charge on any atom is 0.180 e. The molecule has 0 aliphatic carbocycles. The molecule has 8 heteroatoms. The number of rotatable bonds is 0. The highest BCUT2D eigenvalue weighted by molar-refractivity contribution is 5.71. The molecular formula is C10H8N8. The Morgan fingerprint density at radius 3 is 2.50 bits per heavy atom. The van der Waals surface area contributed by atoms with Gasteiger partial charge in [0.15, 0.2) is 5.65 Å². The van der Waals surface area contributed by atoms with E-state index in [1.165, 1.54) is 12.7 Å². The summed E-state index contributed by atoms with van der Waals surface area (Å²) in [6.45, 7) is 0. The highest BCUT2D eigenvalue weighted by Crippen LogP contribution is 2.01. The van der Waals surface area contributed by atoms with Crippen molar-refractivity contribution < 1.29 is 0 Å². The summed E-state index contributed by atoms with van der Waals surface area (Å²) in [7, 11) is 0. The minimum atomic E-state index is 0.713. The van der Waals surface area contributed by atoms with Gasteiger partial charge in [0, 0.05) is 0 Å². The lowest BCUT2D eigenvalue weighted by Crippen LogP contribution is -1.76. The van der Waals surface area contributed by atoms with Crippen LogP contribution in [0, 0.1) is 0 Å². The molecule has 0 bridgehead atoms. The molecule has 8 nitrogen and oxygen atoms in total. The lowest BCUT2D eigenvalue weighted by molar-refractivity contribution is 1.11. The number of aromatic amines is 2. The van der Waals surface area contributed by atoms with Gasteiger partial charge < -0.3 is 4.98 Å². The van der Waals surface area contributed by atoms with Crippen molar-refractivity contribution in [2.45, 2.75) is 0 Å². The first-order chi connectivity index (χ1) is 8.93. The SMILES string of the molecule is c1ncc2[nH]cnc2n1.c1ncc2[nH]ncc2n1. The molecule has 4 aromatic rings. The van der Waals surface area contributed by atoms with Crippen molar-refractivity contribution in [3.8, 4) is 0 Å². The van der Waals surface area contributed by atoms with Crippen LogP contribution in [0.4, 0.5) is 0 Å². The summed E-state index contributed by atoms with van der Waals surface area (Å²) >= 11 is 0. The summed E-state index contributed by atoms with van der Waals surface area (Å²) in [5.41, 5.74) is 3.31. The molecule has 0 atom stereocenters. The number of fused-ring (bicyclic) bond motifs is 2. The van der Waals surface area contributed by atoms with Crippen LogP contribution >= 0.6 is 0 Å². The average Bonchev–Trinajstić information content (AvgIpc) is 3.08. The van der Waals surface area contributed by atoms with Crippen LogP contribution in [-0.4, -0.2) is 40.1 Å². The molecule has 0 spiro atoms. The predicted molar refractivity (Wildman–Crippen MR) is 63.4 cm³/mol. The summed E-state index contributed by atoms with van der Waals surface area (Å²) in [6.07, 6.45) is 9.61. The summed E-state index contributed by atoms with van der Waals surface area (Å²) in [5, 5.41) is 6.52. The monoisotopic (exact) mass is 240 g/mol. The number of imidazole rings is 1. The molecule has 18 heavy (non-hydrogen) atoms. The number of aromatic nitrogens is 8. The number of hydrogen-bond donors (Lipinski definition) is 2. The van der Waals surface area contributed by atoms with Gasteiger partial charge in [0.05, 0.1) is 24.9 Å². The fourth-order valence-electron chi connectivity index (χ4n) is 1.38. The van der Waals surface area contributed by atoms with Gasteiger partial charge >= 0.3 is 0 Å². The van der Waals surface area contributed by atoms with Crippen molar-refractivity contribution in [3.63, 3.8) is 0 Å². The Balaban J connectivity index is 0.000000111. The zero-order chi connectivity index (χ0) is 12.2. The van der Waals surface area contributed by atoms with Crippen LogP contribution < -0.4 is 0 Å². The molecule has 0 fully saturated rings. The van der Waals surface area contributed by atoms with E-state index in [2.05, 4.69) is 40.1 Å². The van der Waals surface area contributed by atoms with E-state index in [1.807, 2.05) is 0 Å². The highest BCUT2D eigenvalue weighted by Gasteiger charge is 1.91. The summed E-state index contributed by atoms with van der Waals surface area (Å²) in [5.74, 6) is 0. The van der Waals surface area contributed by atoms with E-state index in [0.717, 1.165) is 16.6 Å². The van der Waals surface area contributed by atoms with E-state index in [-0.39, 0.29) is 0 Å². The first-order valence-electron chi connectivity index (χ1n) is 5.11. The van der Waals surface area contributed by atoms with E-state index in [4.69, 9.17) is 0 Å². The van der Waals surface area contributed by atoms with E-state index >= 15 is 0 Å². The molecule has 0 aliphatic heterocycles. The van der Waals surface area contributed by atoms with Crippen LogP contribution in [0.2, 0.25) is 0 Å². The average molecular weight is 240 g/mol. The molecule has 88 valence electrons. The van der Waals surface area contributed by atoms with Gasteiger partial charge in [0.1, 0.15) is 29.2 Å². The van der Waals surface area contributed by atoms with Crippen molar-refractivity contribution in [2.75, 3.05) is 0 Å². The van der Waals surface area contributed by atoms with Crippen LogP contribution in [0.1, 0.15) is 0 Å². The van der Waals surface area contributed by atoms with E-state index in [0.29, 0.717) is 5.65 Å². The third-order valence-corrected chi connectivity index (χ3v) is 2.21. The van der Waals surface area contributed by atoms with Crippen molar-refractivity contribution in [2.24, 2.45) is 0 Å². The fraction of sp³-hybridized carbons (Fsp3) is 0. The number of H-pyrrole nitrogens is 2. The van der Waals surface area contributed by atoms with Crippen LogP contribution in [0.3, 0.4) is 0 Å². The van der Waals surface area contributed by atoms with Gasteiger partial charge in [-0.1, -0.05) is 0 Å². The Hall–Kier alpha value is -2.90. The molecule has 2 N–H and O–H groups in total. The van der Waals surface area contributed by atoms with Crippen molar-refractivity contribution in [1.29, 1.82) is 0 Å². The third-order valence-electron chi connectivity index (χ3n) is 2.21. The number of nitrogens with zero attached hydrogens (tertiary/aromatic N) is 6. The van der Waals surface area contributed by atoms with Gasteiger partial charge in [-0.05, 0) is 0 Å². The molecule has 4 rings (SSSR count). The highest BCUT2D eigenvalue weighted by atomic mass is 15.1. The first-order valence-corrected chi connectivity index (χ1v) is 5.11.